The van der Waals surface area contributed by atoms with Gasteiger partial charge < -0.3 is 0 Å². The molecule has 0 aliphatic carbocycles. The van der Waals surface area contributed by atoms with Gasteiger partial charge in [-0.3, -0.25) is 0 Å². The van der Waals surface area contributed by atoms with Gasteiger partial charge in [0.1, 0.15) is 0 Å². The van der Waals surface area contributed by atoms with Crippen LogP contribution in [0.1, 0.15) is 0 Å². The second-order valence-corrected chi connectivity index (χ2v) is 12.4. The first-order valence-corrected chi connectivity index (χ1v) is 14.4. The van der Waals surface area contributed by atoms with Crippen LogP contribution in [0.2, 0.25) is 0 Å². The fraction of sp³-hybridized carbons (Fsp3) is 0. The van der Waals surface area contributed by atoms with Gasteiger partial charge in [-0.2, -0.15) is 0 Å². The van der Waals surface area contributed by atoms with Gasteiger partial charge in [-0.1, -0.05) is 0 Å². The van der Waals surface area contributed by atoms with E-state index in [1.807, 2.05) is 0 Å². The molecule has 3 rings (SSSR count). The first kappa shape index (κ1) is 35.2. The van der Waals surface area contributed by atoms with Crippen molar-refractivity contribution < 1.29 is 48.1 Å². The summed E-state index contributed by atoms with van der Waals surface area (Å²) in [6.07, 6.45) is 0. The third kappa shape index (κ3) is 8.10. The van der Waals surface area contributed by atoms with Crippen molar-refractivity contribution >= 4 is 150 Å². The number of fused-ring (bicyclic) bond motifs is 1. The van der Waals surface area contributed by atoms with Crippen molar-refractivity contribution in [3.05, 3.63) is 42.5 Å². The molecule has 0 amide bonds. The summed E-state index contributed by atoms with van der Waals surface area (Å²) in [7, 11) is -9.93. The molecule has 0 spiro atoms. The number of hydrogen-bond acceptors (Lipinski definition) is 9. The summed E-state index contributed by atoms with van der Waals surface area (Å²) in [5.74, 6) is -1.93. The number of nitrogens with zero attached hydrogens (tertiary/aromatic N) is 2. The number of phenolic OH excluding ortho intramolecular Hbond substituents is 2. The SMILES string of the molecule is O=S(=O)(O)c1cc(O)c2c(O)c(N=Nc3ccccc3[As](=O)(O)O)c(S(=O)(=O)O)cc2c1.[NaH].[NaH].[NaH]. The Hall–Kier alpha value is 0.218. The van der Waals surface area contributed by atoms with Crippen LogP contribution < -0.4 is 4.35 Å². The molecular formula is C16H16AsN2Na3O11S2. The van der Waals surface area contributed by atoms with E-state index in [1.165, 1.54) is 12.1 Å². The number of rotatable bonds is 5. The molecule has 0 aliphatic rings. The second-order valence-electron chi connectivity index (χ2n) is 6.30. The van der Waals surface area contributed by atoms with Crippen LogP contribution in [-0.4, -0.2) is 147 Å². The molecule has 3 aromatic rings. The van der Waals surface area contributed by atoms with E-state index in [9.17, 15) is 43.5 Å². The number of benzene rings is 3. The molecule has 13 nitrogen and oxygen atoms in total. The fourth-order valence-corrected chi connectivity index (χ4v) is 5.44. The van der Waals surface area contributed by atoms with Crippen molar-refractivity contribution in [2.45, 2.75) is 9.79 Å². The molecule has 0 aromatic heterocycles. The second kappa shape index (κ2) is 12.8. The van der Waals surface area contributed by atoms with Crippen molar-refractivity contribution in [3.63, 3.8) is 0 Å². The first-order valence-electron chi connectivity index (χ1n) is 8.15. The van der Waals surface area contributed by atoms with E-state index < -0.39 is 76.5 Å². The van der Waals surface area contributed by atoms with Crippen LogP contribution in [0.15, 0.2) is 62.5 Å². The molecule has 0 fully saturated rings. The van der Waals surface area contributed by atoms with Gasteiger partial charge in [0.15, 0.2) is 0 Å². The Bertz CT molecular complexity index is 1560. The van der Waals surface area contributed by atoms with E-state index in [0.717, 1.165) is 18.2 Å². The summed E-state index contributed by atoms with van der Waals surface area (Å²) in [6.45, 7) is 0. The summed E-state index contributed by atoms with van der Waals surface area (Å²) < 4.78 is 95.2. The van der Waals surface area contributed by atoms with Gasteiger partial charge in [0.2, 0.25) is 0 Å². The molecule has 0 radical (unpaired) electrons. The average molecular weight is 620 g/mol. The zero-order chi connectivity index (χ0) is 24.1. The van der Waals surface area contributed by atoms with E-state index in [4.69, 9.17) is 4.55 Å². The minimum atomic E-state index is -5.47. The van der Waals surface area contributed by atoms with Crippen LogP contribution in [0.5, 0.6) is 11.5 Å². The standard InChI is InChI=1S/C16H13AsN2O11S2.3Na.3H/c20-12-7-9(31(25,26)27)5-8-6-13(32(28,29)30)15(16(21)14(8)12)19-18-11-4-2-1-3-10(11)17(22,23)24;;;;;;/h1-7,20-21H,(H2,22,23,24)(H,25,26,27)(H,28,29,30);;;;;;. The Morgan fingerprint density at radius 1 is 0.800 bits per heavy atom. The van der Waals surface area contributed by atoms with Crippen LogP contribution in [0.25, 0.3) is 10.8 Å². The Morgan fingerprint density at radius 3 is 1.89 bits per heavy atom. The van der Waals surface area contributed by atoms with E-state index in [0.29, 0.717) is 12.1 Å². The first-order chi connectivity index (χ1) is 14.6. The van der Waals surface area contributed by atoms with E-state index >= 15 is 0 Å². The van der Waals surface area contributed by atoms with Gasteiger partial charge in [-0.05, 0) is 0 Å². The summed E-state index contributed by atoms with van der Waals surface area (Å²) in [4.78, 5) is -1.88. The quantitative estimate of drug-likeness (QED) is 0.112. The van der Waals surface area contributed by atoms with Crippen LogP contribution in [0.4, 0.5) is 11.4 Å². The van der Waals surface area contributed by atoms with E-state index in [2.05, 4.69) is 10.2 Å². The molecule has 0 bridgehead atoms. The van der Waals surface area contributed by atoms with Gasteiger partial charge in [-0.15, -0.1) is 0 Å². The molecule has 0 aliphatic heterocycles. The maximum atomic E-state index is 11.8. The molecule has 0 heterocycles. The Balaban J connectivity index is 0.00000385. The minimum absolute atomic E-state index is 0. The monoisotopic (exact) mass is 620 g/mol. The maximum absolute atomic E-state index is 11.8. The van der Waals surface area contributed by atoms with Crippen molar-refractivity contribution in [1.82, 2.24) is 0 Å². The van der Waals surface area contributed by atoms with Gasteiger partial charge in [0.25, 0.3) is 0 Å². The number of hydrogen-bond donors (Lipinski definition) is 6. The van der Waals surface area contributed by atoms with E-state index in [1.54, 1.807) is 0 Å². The zero-order valence-electron chi connectivity index (χ0n) is 15.4. The van der Waals surface area contributed by atoms with Crippen LogP contribution in [0.3, 0.4) is 0 Å². The molecule has 35 heavy (non-hydrogen) atoms. The molecule has 6 N–H and O–H groups in total. The molecule has 0 unspecified atom stereocenters. The summed E-state index contributed by atoms with van der Waals surface area (Å²) in [6, 6.07) is 6.86. The topological polar surface area (TPSA) is 231 Å². The van der Waals surface area contributed by atoms with Crippen LogP contribution in [-0.2, 0) is 24.0 Å². The Morgan fingerprint density at radius 2 is 1.37 bits per heavy atom. The van der Waals surface area contributed by atoms with E-state index in [-0.39, 0.29) is 94.4 Å². The average Bonchev–Trinajstić information content (AvgIpc) is 2.64. The van der Waals surface area contributed by atoms with Crippen molar-refractivity contribution in [2.24, 2.45) is 10.2 Å². The predicted octanol–water partition coefficient (Wildman–Crippen LogP) is -1.22. The van der Waals surface area contributed by atoms with Crippen molar-refractivity contribution in [3.8, 4) is 11.5 Å². The van der Waals surface area contributed by atoms with Crippen LogP contribution >= 0.6 is 0 Å². The van der Waals surface area contributed by atoms with Gasteiger partial charge in [0.05, 0.1) is 0 Å². The third-order valence-corrected chi connectivity index (χ3v) is 7.94. The molecule has 0 saturated heterocycles. The number of aromatic hydroxyl groups is 2. The predicted molar refractivity (Wildman–Crippen MR) is 129 cm³/mol. The summed E-state index contributed by atoms with van der Waals surface area (Å²) >= 11 is -5.47. The van der Waals surface area contributed by atoms with Gasteiger partial charge in [0, 0.05) is 0 Å². The molecule has 19 heteroatoms. The van der Waals surface area contributed by atoms with Crippen molar-refractivity contribution in [1.29, 1.82) is 0 Å². The molecule has 3 aromatic carbocycles. The number of azo groups is 1. The van der Waals surface area contributed by atoms with Crippen LogP contribution in [0, 0.1) is 0 Å². The normalized spacial score (nSPS) is 12.0. The fourth-order valence-electron chi connectivity index (χ4n) is 2.78. The molecule has 0 saturated carbocycles. The Labute approximate surface area is 268 Å². The molecule has 176 valence electrons. The summed E-state index contributed by atoms with van der Waals surface area (Å²) in [5.41, 5.74) is -1.26. The van der Waals surface area contributed by atoms with Gasteiger partial charge >= 0.3 is 272 Å². The molecular weight excluding hydrogens is 604 g/mol. The number of phenols is 2. The third-order valence-electron chi connectivity index (χ3n) is 4.13. The Kier molecular flexibility index (Phi) is 12.9. The molecule has 0 atom stereocenters. The summed E-state index contributed by atoms with van der Waals surface area (Å²) in [5, 5.41) is 26.8. The zero-order valence-corrected chi connectivity index (χ0v) is 18.9. The van der Waals surface area contributed by atoms with Crippen molar-refractivity contribution in [2.75, 3.05) is 0 Å². The van der Waals surface area contributed by atoms with Gasteiger partial charge in [-0.25, -0.2) is 0 Å².